The number of piperidine rings is 1. The minimum absolute atomic E-state index is 0.0197. The van der Waals surface area contributed by atoms with E-state index < -0.39 is 0 Å². The number of esters is 1. The van der Waals surface area contributed by atoms with Crippen molar-refractivity contribution in [2.45, 2.75) is 45.7 Å². The van der Waals surface area contributed by atoms with Gasteiger partial charge in [0.15, 0.2) is 5.82 Å². The van der Waals surface area contributed by atoms with Crippen molar-refractivity contribution in [3.05, 3.63) is 5.82 Å². The van der Waals surface area contributed by atoms with E-state index in [4.69, 9.17) is 4.74 Å². The SMILES string of the molecule is CCCCn1nnnc1CN1CCCC(C(=O)OC)C1. The molecule has 1 atom stereocenters. The summed E-state index contributed by atoms with van der Waals surface area (Å²) in [5.41, 5.74) is 0. The van der Waals surface area contributed by atoms with E-state index in [9.17, 15) is 4.79 Å². The molecule has 0 saturated carbocycles. The molecule has 7 nitrogen and oxygen atoms in total. The number of hydrogen-bond acceptors (Lipinski definition) is 6. The number of carbonyl (C=O) groups excluding carboxylic acids is 1. The van der Waals surface area contributed by atoms with Crippen molar-refractivity contribution >= 4 is 5.97 Å². The van der Waals surface area contributed by atoms with Crippen molar-refractivity contribution in [1.82, 2.24) is 25.1 Å². The zero-order valence-corrected chi connectivity index (χ0v) is 12.3. The van der Waals surface area contributed by atoms with Gasteiger partial charge in [-0.3, -0.25) is 9.69 Å². The molecule has 2 rings (SSSR count). The molecule has 1 aliphatic rings. The lowest BCUT2D eigenvalue weighted by Gasteiger charge is -2.30. The van der Waals surface area contributed by atoms with Crippen LogP contribution in [0.3, 0.4) is 0 Å². The molecule has 2 heterocycles. The molecule has 1 aromatic heterocycles. The van der Waals surface area contributed by atoms with E-state index in [0.717, 1.165) is 51.1 Å². The molecular weight excluding hydrogens is 258 g/mol. The van der Waals surface area contributed by atoms with Crippen LogP contribution in [0.2, 0.25) is 0 Å². The fourth-order valence-corrected chi connectivity index (χ4v) is 2.58. The van der Waals surface area contributed by atoms with Crippen molar-refractivity contribution in [2.75, 3.05) is 20.2 Å². The Morgan fingerprint density at radius 3 is 3.10 bits per heavy atom. The lowest BCUT2D eigenvalue weighted by Crippen LogP contribution is -2.39. The molecule has 7 heteroatoms. The van der Waals surface area contributed by atoms with Gasteiger partial charge in [-0.1, -0.05) is 13.3 Å². The van der Waals surface area contributed by atoms with E-state index in [-0.39, 0.29) is 11.9 Å². The first-order chi connectivity index (χ1) is 9.74. The van der Waals surface area contributed by atoms with Gasteiger partial charge in [0.05, 0.1) is 19.6 Å². The van der Waals surface area contributed by atoms with Gasteiger partial charge in [-0.05, 0) is 36.2 Å². The summed E-state index contributed by atoms with van der Waals surface area (Å²) in [5, 5.41) is 11.9. The van der Waals surface area contributed by atoms with E-state index in [2.05, 4.69) is 27.3 Å². The molecule has 0 aliphatic carbocycles. The second-order valence-electron chi connectivity index (χ2n) is 5.27. The lowest BCUT2D eigenvalue weighted by molar-refractivity contribution is -0.147. The molecule has 0 N–H and O–H groups in total. The van der Waals surface area contributed by atoms with Crippen LogP contribution >= 0.6 is 0 Å². The molecule has 1 saturated heterocycles. The Bertz CT molecular complexity index is 434. The summed E-state index contributed by atoms with van der Waals surface area (Å²) >= 11 is 0. The molecule has 0 amide bonds. The fraction of sp³-hybridized carbons (Fsp3) is 0.846. The first-order valence-electron chi connectivity index (χ1n) is 7.29. The number of carbonyl (C=O) groups is 1. The van der Waals surface area contributed by atoms with Crippen LogP contribution in [0.15, 0.2) is 0 Å². The minimum atomic E-state index is -0.111. The average molecular weight is 281 g/mol. The molecule has 0 radical (unpaired) electrons. The summed E-state index contributed by atoms with van der Waals surface area (Å²) in [6.07, 6.45) is 4.11. The normalized spacial score (nSPS) is 20.0. The smallest absolute Gasteiger partial charge is 0.309 e. The largest absolute Gasteiger partial charge is 0.469 e. The first kappa shape index (κ1) is 14.9. The second kappa shape index (κ2) is 7.33. The van der Waals surface area contributed by atoms with Crippen LogP contribution in [0, 0.1) is 5.92 Å². The highest BCUT2D eigenvalue weighted by Crippen LogP contribution is 2.19. The molecule has 0 aromatic carbocycles. The van der Waals surface area contributed by atoms with Crippen molar-refractivity contribution < 1.29 is 9.53 Å². The van der Waals surface area contributed by atoms with Crippen LogP contribution in [-0.4, -0.2) is 51.3 Å². The Balaban J connectivity index is 1.92. The Morgan fingerprint density at radius 1 is 1.50 bits per heavy atom. The summed E-state index contributed by atoms with van der Waals surface area (Å²) in [5.74, 6) is 0.748. The third-order valence-corrected chi connectivity index (χ3v) is 3.73. The number of ether oxygens (including phenoxy) is 1. The maximum absolute atomic E-state index is 11.6. The molecule has 20 heavy (non-hydrogen) atoms. The summed E-state index contributed by atoms with van der Waals surface area (Å²) in [4.78, 5) is 13.9. The highest BCUT2D eigenvalue weighted by Gasteiger charge is 2.27. The van der Waals surface area contributed by atoms with Crippen molar-refractivity contribution in [1.29, 1.82) is 0 Å². The lowest BCUT2D eigenvalue weighted by atomic mass is 9.98. The number of nitrogens with zero attached hydrogens (tertiary/aromatic N) is 5. The third-order valence-electron chi connectivity index (χ3n) is 3.73. The number of aromatic nitrogens is 4. The number of rotatable bonds is 6. The fourth-order valence-electron chi connectivity index (χ4n) is 2.58. The van der Waals surface area contributed by atoms with E-state index >= 15 is 0 Å². The van der Waals surface area contributed by atoms with Gasteiger partial charge in [0.25, 0.3) is 0 Å². The van der Waals surface area contributed by atoms with Crippen LogP contribution in [0.1, 0.15) is 38.4 Å². The monoisotopic (exact) mass is 281 g/mol. The number of unbranched alkanes of at least 4 members (excludes halogenated alkanes) is 1. The molecular formula is C13H23N5O2. The molecule has 1 aliphatic heterocycles. The van der Waals surface area contributed by atoms with E-state index in [1.165, 1.54) is 7.11 Å². The maximum atomic E-state index is 11.6. The Morgan fingerprint density at radius 2 is 2.35 bits per heavy atom. The van der Waals surface area contributed by atoms with E-state index in [0.29, 0.717) is 6.54 Å². The van der Waals surface area contributed by atoms with Crippen LogP contribution in [0.25, 0.3) is 0 Å². The van der Waals surface area contributed by atoms with Crippen LogP contribution in [0.5, 0.6) is 0 Å². The highest BCUT2D eigenvalue weighted by molar-refractivity contribution is 5.72. The van der Waals surface area contributed by atoms with E-state index in [1.807, 2.05) is 4.68 Å². The van der Waals surface area contributed by atoms with Gasteiger partial charge in [-0.15, -0.1) is 5.10 Å². The zero-order valence-electron chi connectivity index (χ0n) is 12.3. The van der Waals surface area contributed by atoms with E-state index in [1.54, 1.807) is 0 Å². The number of methoxy groups -OCH3 is 1. The summed E-state index contributed by atoms with van der Waals surface area (Å²) in [6.45, 7) is 5.41. The second-order valence-corrected chi connectivity index (χ2v) is 5.27. The third kappa shape index (κ3) is 3.75. The average Bonchev–Trinajstić information content (AvgIpc) is 2.91. The van der Waals surface area contributed by atoms with Crippen LogP contribution in [-0.2, 0) is 22.6 Å². The molecule has 0 bridgehead atoms. The standard InChI is InChI=1S/C13H23N5O2/c1-3-4-8-18-12(14-15-16-18)10-17-7-5-6-11(9-17)13(19)20-2/h11H,3-10H2,1-2H3. The predicted octanol–water partition coefficient (Wildman–Crippen LogP) is 0.858. The molecule has 1 unspecified atom stereocenters. The van der Waals surface area contributed by atoms with Crippen molar-refractivity contribution in [3.8, 4) is 0 Å². The molecule has 1 aromatic rings. The summed E-state index contributed by atoms with van der Waals surface area (Å²) in [6, 6.07) is 0. The van der Waals surface area contributed by atoms with Gasteiger partial charge < -0.3 is 4.74 Å². The van der Waals surface area contributed by atoms with Gasteiger partial charge in [-0.25, -0.2) is 4.68 Å². The maximum Gasteiger partial charge on any atom is 0.309 e. The predicted molar refractivity (Wildman–Crippen MR) is 72.7 cm³/mol. The first-order valence-corrected chi connectivity index (χ1v) is 7.29. The van der Waals surface area contributed by atoms with Gasteiger partial charge in [0.2, 0.25) is 0 Å². The molecule has 112 valence electrons. The van der Waals surface area contributed by atoms with Gasteiger partial charge in [0.1, 0.15) is 0 Å². The number of hydrogen-bond donors (Lipinski definition) is 0. The molecule has 0 spiro atoms. The van der Waals surface area contributed by atoms with Crippen molar-refractivity contribution in [3.63, 3.8) is 0 Å². The number of likely N-dealkylation sites (tertiary alicyclic amines) is 1. The van der Waals surface area contributed by atoms with Crippen LogP contribution < -0.4 is 0 Å². The summed E-state index contributed by atoms with van der Waals surface area (Å²) in [7, 11) is 1.45. The number of aryl methyl sites for hydroxylation is 1. The van der Waals surface area contributed by atoms with Gasteiger partial charge in [0, 0.05) is 13.1 Å². The highest BCUT2D eigenvalue weighted by atomic mass is 16.5. The van der Waals surface area contributed by atoms with Crippen LogP contribution in [0.4, 0.5) is 0 Å². The Kier molecular flexibility index (Phi) is 5.46. The van der Waals surface area contributed by atoms with Gasteiger partial charge >= 0.3 is 5.97 Å². The van der Waals surface area contributed by atoms with Gasteiger partial charge in [-0.2, -0.15) is 0 Å². The summed E-state index contributed by atoms with van der Waals surface area (Å²) < 4.78 is 6.71. The Labute approximate surface area is 119 Å². The number of tetrazole rings is 1. The quantitative estimate of drug-likeness (QED) is 0.720. The zero-order chi connectivity index (χ0) is 14.4. The molecule has 1 fully saturated rings. The van der Waals surface area contributed by atoms with Crippen molar-refractivity contribution in [2.24, 2.45) is 5.92 Å². The Hall–Kier alpha value is -1.50. The minimum Gasteiger partial charge on any atom is -0.469 e. The topological polar surface area (TPSA) is 73.1 Å².